The van der Waals surface area contributed by atoms with E-state index < -0.39 is 0 Å². The monoisotopic (exact) mass is 198 g/mol. The molecule has 0 rings (SSSR count). The van der Waals surface area contributed by atoms with Crippen LogP contribution in [0.25, 0.3) is 0 Å². The summed E-state index contributed by atoms with van der Waals surface area (Å²) < 4.78 is 0. The van der Waals surface area contributed by atoms with Gasteiger partial charge in [0.25, 0.3) is 0 Å². The van der Waals surface area contributed by atoms with Crippen LogP contribution in [0.2, 0.25) is 0 Å². The summed E-state index contributed by atoms with van der Waals surface area (Å²) in [6.45, 7) is 19.0. The van der Waals surface area contributed by atoms with E-state index in [9.17, 15) is 0 Å². The Morgan fingerprint density at radius 1 is 0.857 bits per heavy atom. The molecule has 0 fully saturated rings. The summed E-state index contributed by atoms with van der Waals surface area (Å²) in [7, 11) is 0. The molecule has 0 aromatic carbocycles. The van der Waals surface area contributed by atoms with Crippen LogP contribution in [0.15, 0.2) is 0 Å². The molecule has 2 atom stereocenters. The summed E-state index contributed by atoms with van der Waals surface area (Å²) in [5.74, 6) is 3.26. The highest BCUT2D eigenvalue weighted by atomic mass is 14.4. The fraction of sp³-hybridized carbons (Fsp3) is 1.00. The average molecular weight is 198 g/mol. The molecule has 0 aliphatic heterocycles. The van der Waals surface area contributed by atoms with Gasteiger partial charge >= 0.3 is 0 Å². The van der Waals surface area contributed by atoms with Crippen LogP contribution in [0.3, 0.4) is 0 Å². The molecular weight excluding hydrogens is 168 g/mol. The molecule has 0 amide bonds. The van der Waals surface area contributed by atoms with Gasteiger partial charge < -0.3 is 0 Å². The zero-order valence-corrected chi connectivity index (χ0v) is 11.5. The highest BCUT2D eigenvalue weighted by Gasteiger charge is 2.30. The van der Waals surface area contributed by atoms with Gasteiger partial charge in [0.1, 0.15) is 0 Å². The third-order valence-electron chi connectivity index (χ3n) is 4.62. The standard InChI is InChI=1S/C14H30/c1-10(2)12(5)9-13(6)14(7,8)11(3)4/h10-13H,9H2,1-8H3. The normalized spacial score (nSPS) is 17.6. The first-order valence-electron chi connectivity index (χ1n) is 6.19. The minimum Gasteiger partial charge on any atom is -0.0625 e. The van der Waals surface area contributed by atoms with Gasteiger partial charge in [-0.3, -0.25) is 0 Å². The molecule has 86 valence electrons. The molecule has 0 aromatic rings. The van der Waals surface area contributed by atoms with Crippen LogP contribution in [0.1, 0.15) is 61.8 Å². The molecule has 0 radical (unpaired) electrons. The maximum atomic E-state index is 2.42. The van der Waals surface area contributed by atoms with Crippen molar-refractivity contribution in [3.05, 3.63) is 0 Å². The Balaban J connectivity index is 4.26. The van der Waals surface area contributed by atoms with Gasteiger partial charge in [-0.05, 0) is 35.5 Å². The predicted molar refractivity (Wildman–Crippen MR) is 66.4 cm³/mol. The Kier molecular flexibility index (Phi) is 5.19. The molecule has 0 heterocycles. The van der Waals surface area contributed by atoms with Gasteiger partial charge in [0, 0.05) is 0 Å². The van der Waals surface area contributed by atoms with Crippen LogP contribution < -0.4 is 0 Å². The van der Waals surface area contributed by atoms with Gasteiger partial charge in [0.15, 0.2) is 0 Å². The first-order chi connectivity index (χ1) is 6.19. The van der Waals surface area contributed by atoms with Crippen molar-refractivity contribution in [1.29, 1.82) is 0 Å². The molecule has 0 saturated heterocycles. The molecule has 0 spiro atoms. The lowest BCUT2D eigenvalue weighted by molar-refractivity contribution is 0.120. The van der Waals surface area contributed by atoms with Crippen LogP contribution in [-0.2, 0) is 0 Å². The number of hydrogen-bond donors (Lipinski definition) is 0. The lowest BCUT2D eigenvalue weighted by Crippen LogP contribution is -2.29. The molecule has 0 N–H and O–H groups in total. The molecule has 0 heteroatoms. The van der Waals surface area contributed by atoms with Gasteiger partial charge in [-0.2, -0.15) is 0 Å². The highest BCUT2D eigenvalue weighted by Crippen LogP contribution is 2.39. The molecule has 0 aromatic heterocycles. The molecule has 2 unspecified atom stereocenters. The van der Waals surface area contributed by atoms with E-state index in [-0.39, 0.29) is 0 Å². The van der Waals surface area contributed by atoms with Gasteiger partial charge in [-0.15, -0.1) is 0 Å². The summed E-state index contributed by atoms with van der Waals surface area (Å²) in [4.78, 5) is 0. The van der Waals surface area contributed by atoms with Crippen LogP contribution in [-0.4, -0.2) is 0 Å². The smallest absolute Gasteiger partial charge is 0.0305 e. The van der Waals surface area contributed by atoms with Crippen molar-refractivity contribution in [3.63, 3.8) is 0 Å². The Morgan fingerprint density at radius 2 is 1.29 bits per heavy atom. The third-order valence-corrected chi connectivity index (χ3v) is 4.62. The fourth-order valence-corrected chi connectivity index (χ4v) is 1.70. The lowest BCUT2D eigenvalue weighted by Gasteiger charge is -2.38. The zero-order valence-electron chi connectivity index (χ0n) is 11.5. The Morgan fingerprint density at radius 3 is 1.57 bits per heavy atom. The lowest BCUT2D eigenvalue weighted by atomic mass is 9.68. The van der Waals surface area contributed by atoms with Gasteiger partial charge in [0.05, 0.1) is 0 Å². The Bertz CT molecular complexity index is 153. The first-order valence-corrected chi connectivity index (χ1v) is 6.19. The van der Waals surface area contributed by atoms with E-state index in [1.54, 1.807) is 0 Å². The molecule has 0 saturated carbocycles. The summed E-state index contributed by atoms with van der Waals surface area (Å²) in [6.07, 6.45) is 1.36. The second-order valence-corrected chi connectivity index (χ2v) is 6.33. The van der Waals surface area contributed by atoms with Crippen molar-refractivity contribution < 1.29 is 0 Å². The second kappa shape index (κ2) is 5.19. The molecular formula is C14H30. The quantitative estimate of drug-likeness (QED) is 0.584. The van der Waals surface area contributed by atoms with Crippen molar-refractivity contribution in [2.24, 2.45) is 29.1 Å². The van der Waals surface area contributed by atoms with Crippen molar-refractivity contribution in [1.82, 2.24) is 0 Å². The minimum absolute atomic E-state index is 0.475. The van der Waals surface area contributed by atoms with Crippen LogP contribution >= 0.6 is 0 Å². The molecule has 0 aliphatic rings. The minimum atomic E-state index is 0.475. The van der Waals surface area contributed by atoms with Crippen LogP contribution in [0, 0.1) is 29.1 Å². The van der Waals surface area contributed by atoms with E-state index in [2.05, 4.69) is 55.4 Å². The van der Waals surface area contributed by atoms with Crippen LogP contribution in [0.4, 0.5) is 0 Å². The predicted octanol–water partition coefficient (Wildman–Crippen LogP) is 4.99. The summed E-state index contributed by atoms with van der Waals surface area (Å²) in [5, 5.41) is 0. The molecule has 14 heavy (non-hydrogen) atoms. The van der Waals surface area contributed by atoms with Crippen LogP contribution in [0.5, 0.6) is 0 Å². The third kappa shape index (κ3) is 3.63. The summed E-state index contributed by atoms with van der Waals surface area (Å²) in [5.41, 5.74) is 0.475. The largest absolute Gasteiger partial charge is 0.0625 e. The molecule has 0 nitrogen and oxygen atoms in total. The van der Waals surface area contributed by atoms with Gasteiger partial charge in [-0.1, -0.05) is 55.4 Å². The van der Waals surface area contributed by atoms with E-state index in [0.717, 1.165) is 23.7 Å². The Labute approximate surface area is 91.5 Å². The van der Waals surface area contributed by atoms with E-state index in [1.165, 1.54) is 6.42 Å². The van der Waals surface area contributed by atoms with Gasteiger partial charge in [-0.25, -0.2) is 0 Å². The van der Waals surface area contributed by atoms with Crippen molar-refractivity contribution in [3.8, 4) is 0 Å². The van der Waals surface area contributed by atoms with Crippen molar-refractivity contribution in [2.45, 2.75) is 61.8 Å². The summed E-state index contributed by atoms with van der Waals surface area (Å²) >= 11 is 0. The SMILES string of the molecule is CC(C)C(C)CC(C)C(C)(C)C(C)C. The number of rotatable bonds is 5. The average Bonchev–Trinajstić information content (AvgIpc) is 2.03. The maximum Gasteiger partial charge on any atom is -0.0305 e. The molecule has 0 aliphatic carbocycles. The summed E-state index contributed by atoms with van der Waals surface area (Å²) in [6, 6.07) is 0. The van der Waals surface area contributed by atoms with Crippen molar-refractivity contribution in [2.75, 3.05) is 0 Å². The van der Waals surface area contributed by atoms with Gasteiger partial charge in [0.2, 0.25) is 0 Å². The van der Waals surface area contributed by atoms with Crippen molar-refractivity contribution >= 4 is 0 Å². The number of hydrogen-bond acceptors (Lipinski definition) is 0. The highest BCUT2D eigenvalue weighted by molar-refractivity contribution is 4.80. The van der Waals surface area contributed by atoms with E-state index in [1.807, 2.05) is 0 Å². The van der Waals surface area contributed by atoms with E-state index in [0.29, 0.717) is 5.41 Å². The topological polar surface area (TPSA) is 0 Å². The van der Waals surface area contributed by atoms with E-state index >= 15 is 0 Å². The fourth-order valence-electron chi connectivity index (χ4n) is 1.70. The Hall–Kier alpha value is 0. The van der Waals surface area contributed by atoms with E-state index in [4.69, 9.17) is 0 Å². The maximum absolute atomic E-state index is 2.42. The zero-order chi connectivity index (χ0) is 11.5. The molecule has 0 bridgehead atoms. The first kappa shape index (κ1) is 14.0. The second-order valence-electron chi connectivity index (χ2n) is 6.33.